The fourth-order valence-corrected chi connectivity index (χ4v) is 5.20. The number of amides is 1. The molecule has 33 heavy (non-hydrogen) atoms. The summed E-state index contributed by atoms with van der Waals surface area (Å²) in [6.07, 6.45) is 5.99. The van der Waals surface area contributed by atoms with Crippen LogP contribution >= 0.6 is 11.8 Å². The molecule has 168 valence electrons. The topological polar surface area (TPSA) is 88.3 Å². The Hall–Kier alpha value is -3.39. The number of rotatable bonds is 4. The maximum atomic E-state index is 13.7. The molecular weight excluding hydrogens is 436 g/mol. The van der Waals surface area contributed by atoms with E-state index < -0.39 is 6.04 Å². The SMILES string of the molecule is CC1(C)CC(=O)C2=C(C1)Nc1ccccc1N(C(=O)CSc1ncccn1)[C@@H]2c1ccco1. The van der Waals surface area contributed by atoms with Gasteiger partial charge in [-0.3, -0.25) is 14.5 Å². The van der Waals surface area contributed by atoms with E-state index >= 15 is 0 Å². The van der Waals surface area contributed by atoms with Gasteiger partial charge in [-0.2, -0.15) is 0 Å². The third-order valence-electron chi connectivity index (χ3n) is 5.85. The van der Waals surface area contributed by atoms with Crippen molar-refractivity contribution in [1.82, 2.24) is 9.97 Å². The highest BCUT2D eigenvalue weighted by Gasteiger charge is 2.44. The standard InChI is InChI=1S/C25H24N4O3S/c1-25(2)13-17-22(19(30)14-25)23(20-9-5-12-32-20)29(18-8-4-3-7-16(18)28-17)21(31)15-33-24-26-10-6-11-27-24/h3-12,23,28H,13-15H2,1-2H3/t23-/m1/s1. The molecule has 7 nitrogen and oxygen atoms in total. The summed E-state index contributed by atoms with van der Waals surface area (Å²) in [7, 11) is 0. The number of hydrogen-bond acceptors (Lipinski definition) is 7. The molecule has 0 unspecified atom stereocenters. The van der Waals surface area contributed by atoms with Crippen LogP contribution in [0.4, 0.5) is 11.4 Å². The smallest absolute Gasteiger partial charge is 0.238 e. The second-order valence-electron chi connectivity index (χ2n) is 8.98. The van der Waals surface area contributed by atoms with Crippen molar-refractivity contribution in [1.29, 1.82) is 0 Å². The summed E-state index contributed by atoms with van der Waals surface area (Å²) in [5, 5.41) is 4.01. The number of furan rings is 1. The first-order chi connectivity index (χ1) is 15.9. The van der Waals surface area contributed by atoms with Crippen molar-refractivity contribution in [2.24, 2.45) is 5.41 Å². The lowest BCUT2D eigenvalue weighted by Gasteiger charge is -2.36. The van der Waals surface area contributed by atoms with Crippen LogP contribution in [0.2, 0.25) is 0 Å². The Morgan fingerprint density at radius 1 is 1.15 bits per heavy atom. The summed E-state index contributed by atoms with van der Waals surface area (Å²) in [4.78, 5) is 37.4. The first-order valence-electron chi connectivity index (χ1n) is 10.8. The molecule has 2 aromatic heterocycles. The monoisotopic (exact) mass is 460 g/mol. The minimum absolute atomic E-state index is 0.0276. The van der Waals surface area contributed by atoms with Gasteiger partial charge in [0, 0.05) is 30.1 Å². The quantitative estimate of drug-likeness (QED) is 0.433. The van der Waals surface area contributed by atoms with Gasteiger partial charge in [-0.25, -0.2) is 9.97 Å². The largest absolute Gasteiger partial charge is 0.467 e. The maximum absolute atomic E-state index is 13.7. The van der Waals surface area contributed by atoms with Gasteiger partial charge < -0.3 is 9.73 Å². The van der Waals surface area contributed by atoms with Crippen molar-refractivity contribution >= 4 is 34.8 Å². The predicted molar refractivity (Wildman–Crippen MR) is 127 cm³/mol. The van der Waals surface area contributed by atoms with Crippen molar-refractivity contribution < 1.29 is 14.0 Å². The zero-order chi connectivity index (χ0) is 23.0. The average Bonchev–Trinajstić information content (AvgIpc) is 3.27. The van der Waals surface area contributed by atoms with Crippen LogP contribution in [0.15, 0.2) is 82.0 Å². The molecule has 1 amide bonds. The molecule has 1 aliphatic carbocycles. The first kappa shape index (κ1) is 21.5. The Kier molecular flexibility index (Phi) is 5.54. The van der Waals surface area contributed by atoms with Crippen LogP contribution in [0, 0.1) is 5.41 Å². The van der Waals surface area contributed by atoms with Crippen molar-refractivity contribution in [3.63, 3.8) is 0 Å². The molecule has 0 spiro atoms. The summed E-state index contributed by atoms with van der Waals surface area (Å²) in [5.74, 6) is 0.551. The molecule has 2 aliphatic rings. The van der Waals surface area contributed by atoms with Crippen molar-refractivity contribution in [3.05, 3.63) is 78.2 Å². The number of nitrogens with one attached hydrogen (secondary N) is 1. The third kappa shape index (κ3) is 4.18. The van der Waals surface area contributed by atoms with E-state index in [4.69, 9.17) is 4.42 Å². The number of benzene rings is 1. The number of fused-ring (bicyclic) bond motifs is 1. The van der Waals surface area contributed by atoms with Crippen LogP contribution < -0.4 is 10.2 Å². The molecule has 1 N–H and O–H groups in total. The van der Waals surface area contributed by atoms with Gasteiger partial charge in [-0.15, -0.1) is 0 Å². The van der Waals surface area contributed by atoms with Gasteiger partial charge >= 0.3 is 0 Å². The summed E-state index contributed by atoms with van der Waals surface area (Å²) in [6, 6.07) is 12.3. The second-order valence-corrected chi connectivity index (χ2v) is 9.92. The Morgan fingerprint density at radius 2 is 1.94 bits per heavy atom. The van der Waals surface area contributed by atoms with Crippen molar-refractivity contribution in [2.45, 2.75) is 37.9 Å². The van der Waals surface area contributed by atoms with Crippen LogP contribution in [0.1, 0.15) is 38.5 Å². The van der Waals surface area contributed by atoms with Gasteiger partial charge in [0.15, 0.2) is 10.9 Å². The molecule has 3 heterocycles. The lowest BCUT2D eigenvalue weighted by Crippen LogP contribution is -2.40. The summed E-state index contributed by atoms with van der Waals surface area (Å²) in [5.41, 5.74) is 2.76. The normalized spacial score (nSPS) is 19.4. The van der Waals surface area contributed by atoms with Gasteiger partial charge in [0.25, 0.3) is 0 Å². The molecule has 1 aromatic carbocycles. The van der Waals surface area contributed by atoms with Crippen molar-refractivity contribution in [3.8, 4) is 0 Å². The number of thioether (sulfide) groups is 1. The van der Waals surface area contributed by atoms with Crippen LogP contribution in [0.3, 0.4) is 0 Å². The number of nitrogens with zero attached hydrogens (tertiary/aromatic N) is 3. The second kappa shape index (κ2) is 8.51. The van der Waals surface area contributed by atoms with Gasteiger partial charge in [0.2, 0.25) is 5.91 Å². The van der Waals surface area contributed by atoms with Gasteiger partial charge in [0.1, 0.15) is 11.8 Å². The molecule has 1 atom stereocenters. The fraction of sp³-hybridized carbons (Fsp3) is 0.280. The average molecular weight is 461 g/mol. The molecule has 0 bridgehead atoms. The molecule has 1 aliphatic heterocycles. The number of hydrogen-bond donors (Lipinski definition) is 1. The number of allylic oxidation sites excluding steroid dienone is 1. The Bertz CT molecular complexity index is 1220. The highest BCUT2D eigenvalue weighted by molar-refractivity contribution is 7.99. The lowest BCUT2D eigenvalue weighted by atomic mass is 9.74. The van der Waals surface area contributed by atoms with Crippen LogP contribution in [0.25, 0.3) is 0 Å². The van der Waals surface area contributed by atoms with E-state index in [0.717, 1.165) is 11.4 Å². The highest BCUT2D eigenvalue weighted by atomic mass is 32.2. The van der Waals surface area contributed by atoms with Crippen LogP contribution in [-0.4, -0.2) is 27.4 Å². The van der Waals surface area contributed by atoms with E-state index in [1.54, 1.807) is 35.7 Å². The molecule has 8 heteroatoms. The molecular formula is C25H24N4O3S. The minimum atomic E-state index is -0.653. The third-order valence-corrected chi connectivity index (χ3v) is 6.71. The number of carbonyl (C=O) groups excluding carboxylic acids is 2. The molecule has 5 rings (SSSR count). The Balaban J connectivity index is 1.63. The van der Waals surface area contributed by atoms with Crippen molar-refractivity contribution in [2.75, 3.05) is 16.0 Å². The molecule has 0 saturated heterocycles. The number of ketones is 1. The summed E-state index contributed by atoms with van der Waals surface area (Å²) < 4.78 is 5.80. The number of Topliss-reactive ketones (excluding diaryl/α,β-unsaturated/α-hetero) is 1. The molecule has 3 aromatic rings. The zero-order valence-electron chi connectivity index (χ0n) is 18.4. The minimum Gasteiger partial charge on any atom is -0.467 e. The lowest BCUT2D eigenvalue weighted by molar-refractivity contribution is -0.118. The summed E-state index contributed by atoms with van der Waals surface area (Å²) in [6.45, 7) is 4.18. The Labute approximate surface area is 196 Å². The maximum Gasteiger partial charge on any atom is 0.238 e. The predicted octanol–water partition coefficient (Wildman–Crippen LogP) is 5.00. The van der Waals surface area contributed by atoms with Gasteiger partial charge in [-0.1, -0.05) is 37.7 Å². The van der Waals surface area contributed by atoms with Gasteiger partial charge in [0.05, 0.1) is 23.4 Å². The highest BCUT2D eigenvalue weighted by Crippen LogP contribution is 2.48. The van der Waals surface area contributed by atoms with E-state index in [9.17, 15) is 9.59 Å². The summed E-state index contributed by atoms with van der Waals surface area (Å²) >= 11 is 1.27. The molecule has 0 radical (unpaired) electrons. The number of carbonyl (C=O) groups is 2. The van der Waals surface area contributed by atoms with Crippen LogP contribution in [0.5, 0.6) is 0 Å². The fourth-order valence-electron chi connectivity index (χ4n) is 4.53. The van der Waals surface area contributed by atoms with E-state index in [0.29, 0.717) is 35.0 Å². The van der Waals surface area contributed by atoms with Gasteiger partial charge in [-0.05, 0) is 42.2 Å². The van der Waals surface area contributed by atoms with E-state index in [2.05, 4.69) is 29.1 Å². The molecule has 0 fully saturated rings. The number of aromatic nitrogens is 2. The van der Waals surface area contributed by atoms with E-state index in [1.807, 2.05) is 30.3 Å². The molecule has 0 saturated carbocycles. The van der Waals surface area contributed by atoms with E-state index in [1.165, 1.54) is 11.8 Å². The first-order valence-corrected chi connectivity index (χ1v) is 11.8. The van der Waals surface area contributed by atoms with E-state index in [-0.39, 0.29) is 22.9 Å². The Morgan fingerprint density at radius 3 is 2.70 bits per heavy atom. The number of para-hydroxylation sites is 2. The zero-order valence-corrected chi connectivity index (χ0v) is 19.3. The van der Waals surface area contributed by atoms with Crippen LogP contribution in [-0.2, 0) is 9.59 Å². The number of anilines is 2.